The second-order valence-corrected chi connectivity index (χ2v) is 14.0. The molecule has 0 bridgehead atoms. The average molecular weight is 666 g/mol. The number of nitrogens with zero attached hydrogens (tertiary/aromatic N) is 3. The molecular weight excluding hydrogens is 631 g/mol. The third kappa shape index (κ3) is 4.81. The monoisotopic (exact) mass is 665 g/mol. The van der Waals surface area contributed by atoms with Gasteiger partial charge in [0.25, 0.3) is 0 Å². The number of aromatic nitrogens is 2. The fourth-order valence-corrected chi connectivity index (χ4v) is 8.06. The maximum Gasteiger partial charge on any atom is 0.146 e. The maximum atomic E-state index is 5.19. The number of para-hydroxylation sites is 3. The molecular formula is C49H35N3. The van der Waals surface area contributed by atoms with E-state index in [-0.39, 0.29) is 0 Å². The highest BCUT2D eigenvalue weighted by atomic mass is 15.0. The molecule has 2 heterocycles. The molecule has 0 fully saturated rings. The minimum atomic E-state index is 0.983. The van der Waals surface area contributed by atoms with Gasteiger partial charge in [-0.25, -0.2) is 4.98 Å². The van der Waals surface area contributed by atoms with Crippen molar-refractivity contribution in [2.75, 3.05) is 0 Å². The first-order valence-corrected chi connectivity index (χ1v) is 17.9. The molecule has 3 heteroatoms. The summed E-state index contributed by atoms with van der Waals surface area (Å²) in [5, 5.41) is 8.49. The molecule has 0 unspecified atom stereocenters. The van der Waals surface area contributed by atoms with Crippen LogP contribution < -0.4 is 0 Å². The Kier molecular flexibility index (Phi) is 6.84. The quantitative estimate of drug-likeness (QED) is 0.104. The molecule has 2 aromatic heterocycles. The minimum Gasteiger partial charge on any atom is -0.292 e. The fourth-order valence-electron chi connectivity index (χ4n) is 8.06. The van der Waals surface area contributed by atoms with E-state index in [0.717, 1.165) is 50.1 Å². The highest BCUT2D eigenvalue weighted by Crippen LogP contribution is 2.39. The number of fused-ring (bicyclic) bond motifs is 10. The summed E-state index contributed by atoms with van der Waals surface area (Å²) in [5.74, 6) is 0. The zero-order valence-corrected chi connectivity index (χ0v) is 29.4. The van der Waals surface area contributed by atoms with Gasteiger partial charge in [0.05, 0.1) is 22.2 Å². The molecule has 0 spiro atoms. The molecule has 10 aromatic rings. The standard InChI is InChI=1S/C49H35N3/c1-30-12-4-9-17-45(30)50-32(3)39-22-20-37(26-42(39)41-25-34-14-6-5-13-33(34)24-31(41)2)38-21-23-40-43(27-38)44-28-35-15-7-8-16-36(35)29-48(44)52-47-19-11-10-18-46(47)51-49(40)52/h4-29H,1-3H3. The second kappa shape index (κ2) is 11.8. The van der Waals surface area contributed by atoms with Gasteiger partial charge in [-0.2, -0.15) is 0 Å². The van der Waals surface area contributed by atoms with Crippen LogP contribution in [0.1, 0.15) is 23.6 Å². The SMILES string of the molecule is CC(=Nc1ccccc1C)c1ccc(-c2ccc3c(c2)c2cc4ccccc4cc2n2c4ccccc4nc32)cc1-c1cc2ccccc2cc1C. The molecule has 0 saturated heterocycles. The number of benzene rings is 8. The molecule has 0 radical (unpaired) electrons. The largest absolute Gasteiger partial charge is 0.292 e. The van der Waals surface area contributed by atoms with E-state index in [1.165, 1.54) is 60.1 Å². The van der Waals surface area contributed by atoms with Crippen molar-refractivity contribution in [3.8, 4) is 22.3 Å². The van der Waals surface area contributed by atoms with Gasteiger partial charge in [-0.15, -0.1) is 0 Å². The number of hydrogen-bond acceptors (Lipinski definition) is 2. The molecule has 246 valence electrons. The third-order valence-corrected chi connectivity index (χ3v) is 10.7. The van der Waals surface area contributed by atoms with E-state index in [0.29, 0.717) is 0 Å². The minimum absolute atomic E-state index is 0.983. The maximum absolute atomic E-state index is 5.19. The number of aryl methyl sites for hydroxylation is 2. The fraction of sp³-hybridized carbons (Fsp3) is 0.0612. The Labute approximate surface area is 302 Å². The van der Waals surface area contributed by atoms with Crippen molar-refractivity contribution in [3.63, 3.8) is 0 Å². The van der Waals surface area contributed by atoms with Crippen molar-refractivity contribution in [1.29, 1.82) is 0 Å². The van der Waals surface area contributed by atoms with Crippen molar-refractivity contribution in [2.24, 2.45) is 4.99 Å². The Hall–Kier alpha value is -6.58. The van der Waals surface area contributed by atoms with Gasteiger partial charge in [-0.3, -0.25) is 9.39 Å². The van der Waals surface area contributed by atoms with Gasteiger partial charge < -0.3 is 0 Å². The normalized spacial score (nSPS) is 12.2. The zero-order chi connectivity index (χ0) is 34.9. The lowest BCUT2D eigenvalue weighted by Crippen LogP contribution is -2.00. The summed E-state index contributed by atoms with van der Waals surface area (Å²) in [6, 6.07) is 57.1. The smallest absolute Gasteiger partial charge is 0.146 e. The summed E-state index contributed by atoms with van der Waals surface area (Å²) in [6.45, 7) is 6.47. The van der Waals surface area contributed by atoms with Gasteiger partial charge in [-0.05, 0) is 136 Å². The summed E-state index contributed by atoms with van der Waals surface area (Å²) in [6.07, 6.45) is 0. The van der Waals surface area contributed by atoms with Crippen molar-refractivity contribution in [2.45, 2.75) is 20.8 Å². The van der Waals surface area contributed by atoms with Crippen LogP contribution in [0.3, 0.4) is 0 Å². The number of rotatable bonds is 4. The Morgan fingerprint density at radius 2 is 1.15 bits per heavy atom. The molecule has 52 heavy (non-hydrogen) atoms. The van der Waals surface area contributed by atoms with Crippen LogP contribution in [0.4, 0.5) is 5.69 Å². The zero-order valence-electron chi connectivity index (χ0n) is 29.4. The molecule has 8 aromatic carbocycles. The number of hydrogen-bond donors (Lipinski definition) is 0. The Balaban J connectivity index is 1.23. The summed E-state index contributed by atoms with van der Waals surface area (Å²) < 4.78 is 2.34. The molecule has 0 amide bonds. The number of aliphatic imine (C=N–C) groups is 1. The van der Waals surface area contributed by atoms with Crippen molar-refractivity contribution < 1.29 is 0 Å². The number of imidazole rings is 1. The van der Waals surface area contributed by atoms with Gasteiger partial charge in [0, 0.05) is 22.0 Å². The lowest BCUT2D eigenvalue weighted by molar-refractivity contribution is 1.32. The van der Waals surface area contributed by atoms with Crippen LogP contribution in [0, 0.1) is 13.8 Å². The first-order chi connectivity index (χ1) is 25.5. The number of pyridine rings is 1. The summed E-state index contributed by atoms with van der Waals surface area (Å²) in [7, 11) is 0. The van der Waals surface area contributed by atoms with Crippen LogP contribution in [0.25, 0.3) is 82.2 Å². The van der Waals surface area contributed by atoms with Crippen LogP contribution in [0.2, 0.25) is 0 Å². The van der Waals surface area contributed by atoms with Crippen molar-refractivity contribution >= 4 is 71.3 Å². The van der Waals surface area contributed by atoms with E-state index in [2.05, 4.69) is 183 Å². The lowest BCUT2D eigenvalue weighted by Gasteiger charge is -2.17. The molecule has 0 aliphatic carbocycles. The van der Waals surface area contributed by atoms with E-state index in [4.69, 9.17) is 9.98 Å². The van der Waals surface area contributed by atoms with E-state index in [1.807, 2.05) is 0 Å². The summed E-state index contributed by atoms with van der Waals surface area (Å²) in [5.41, 5.74) is 14.5. The summed E-state index contributed by atoms with van der Waals surface area (Å²) in [4.78, 5) is 10.3. The Bertz CT molecular complexity index is 3110. The predicted molar refractivity (Wildman–Crippen MR) is 221 cm³/mol. The van der Waals surface area contributed by atoms with Crippen LogP contribution in [-0.4, -0.2) is 15.1 Å². The molecule has 0 atom stereocenters. The van der Waals surface area contributed by atoms with Crippen molar-refractivity contribution in [1.82, 2.24) is 9.38 Å². The average Bonchev–Trinajstić information content (AvgIpc) is 3.58. The predicted octanol–water partition coefficient (Wildman–Crippen LogP) is 13.2. The van der Waals surface area contributed by atoms with Crippen LogP contribution in [0.15, 0.2) is 163 Å². The molecule has 0 N–H and O–H groups in total. The van der Waals surface area contributed by atoms with Gasteiger partial charge >= 0.3 is 0 Å². The van der Waals surface area contributed by atoms with E-state index >= 15 is 0 Å². The molecule has 0 saturated carbocycles. The Morgan fingerprint density at radius 1 is 0.500 bits per heavy atom. The summed E-state index contributed by atoms with van der Waals surface area (Å²) >= 11 is 0. The van der Waals surface area contributed by atoms with Crippen LogP contribution in [-0.2, 0) is 0 Å². The highest BCUT2D eigenvalue weighted by Gasteiger charge is 2.18. The Morgan fingerprint density at radius 3 is 1.96 bits per heavy atom. The topological polar surface area (TPSA) is 29.7 Å². The molecule has 0 aliphatic heterocycles. The molecule has 0 aliphatic rings. The molecule has 10 rings (SSSR count). The first-order valence-electron chi connectivity index (χ1n) is 17.9. The van der Waals surface area contributed by atoms with Crippen LogP contribution >= 0.6 is 0 Å². The van der Waals surface area contributed by atoms with E-state index in [9.17, 15) is 0 Å². The van der Waals surface area contributed by atoms with Gasteiger partial charge in [0.15, 0.2) is 0 Å². The van der Waals surface area contributed by atoms with Gasteiger partial charge in [0.2, 0.25) is 0 Å². The van der Waals surface area contributed by atoms with Crippen molar-refractivity contribution in [3.05, 3.63) is 174 Å². The van der Waals surface area contributed by atoms with Crippen LogP contribution in [0.5, 0.6) is 0 Å². The highest BCUT2D eigenvalue weighted by molar-refractivity contribution is 6.17. The van der Waals surface area contributed by atoms with E-state index < -0.39 is 0 Å². The van der Waals surface area contributed by atoms with Gasteiger partial charge in [0.1, 0.15) is 5.65 Å². The molecule has 3 nitrogen and oxygen atoms in total. The first kappa shape index (κ1) is 30.3. The lowest BCUT2D eigenvalue weighted by atomic mass is 9.88. The second-order valence-electron chi connectivity index (χ2n) is 14.0. The van der Waals surface area contributed by atoms with Gasteiger partial charge in [-0.1, -0.05) is 103 Å². The van der Waals surface area contributed by atoms with E-state index in [1.54, 1.807) is 0 Å². The third-order valence-electron chi connectivity index (χ3n) is 10.7.